The number of carboxylic acid groups (broad SMARTS) is 1. The van der Waals surface area contributed by atoms with E-state index in [0.717, 1.165) is 5.56 Å². The van der Waals surface area contributed by atoms with Crippen LogP contribution in [0.3, 0.4) is 0 Å². The summed E-state index contributed by atoms with van der Waals surface area (Å²) in [7, 11) is 0. The highest BCUT2D eigenvalue weighted by molar-refractivity contribution is 6.03. The number of hydrogen-bond acceptors (Lipinski definition) is 4. The molecule has 0 fully saturated rings. The Bertz CT molecular complexity index is 979. The van der Waals surface area contributed by atoms with Crippen LogP contribution in [0.5, 0.6) is 0 Å². The van der Waals surface area contributed by atoms with Crippen molar-refractivity contribution in [3.8, 4) is 11.3 Å². The van der Waals surface area contributed by atoms with Crippen LogP contribution in [-0.4, -0.2) is 17.0 Å². The summed E-state index contributed by atoms with van der Waals surface area (Å²) in [5, 5.41) is 11.8. The zero-order valence-electron chi connectivity index (χ0n) is 14.3. The fourth-order valence-corrected chi connectivity index (χ4v) is 2.53. The third kappa shape index (κ3) is 3.75. The summed E-state index contributed by atoms with van der Waals surface area (Å²) in [4.78, 5) is 23.8. The maximum absolute atomic E-state index is 12.3. The third-order valence-corrected chi connectivity index (χ3v) is 3.74. The van der Waals surface area contributed by atoms with Gasteiger partial charge in [-0.25, -0.2) is 4.79 Å². The zero-order valence-corrected chi connectivity index (χ0v) is 14.3. The molecular weight excluding hydrogens is 334 g/mol. The zero-order chi connectivity index (χ0) is 18.7. The van der Waals surface area contributed by atoms with Gasteiger partial charge in [-0.15, -0.1) is 0 Å². The lowest BCUT2D eigenvalue weighted by Gasteiger charge is -2.04. The van der Waals surface area contributed by atoms with E-state index in [-0.39, 0.29) is 5.70 Å². The highest BCUT2D eigenvalue weighted by Crippen LogP contribution is 2.23. The first kappa shape index (κ1) is 17.3. The second-order valence-corrected chi connectivity index (χ2v) is 5.71. The molecular formula is C20H17NO5. The van der Waals surface area contributed by atoms with Gasteiger partial charge < -0.3 is 19.3 Å². The predicted molar refractivity (Wildman–Crippen MR) is 95.4 cm³/mol. The molecule has 0 bridgehead atoms. The first-order valence-electron chi connectivity index (χ1n) is 7.92. The molecule has 0 saturated carbocycles. The third-order valence-electron chi connectivity index (χ3n) is 3.74. The lowest BCUT2D eigenvalue weighted by atomic mass is 10.2. The molecule has 6 heteroatoms. The molecule has 26 heavy (non-hydrogen) atoms. The van der Waals surface area contributed by atoms with Crippen LogP contribution >= 0.6 is 0 Å². The number of aliphatic carboxylic acids is 1. The minimum absolute atomic E-state index is 0.290. The van der Waals surface area contributed by atoms with Crippen molar-refractivity contribution in [2.75, 3.05) is 0 Å². The van der Waals surface area contributed by atoms with Gasteiger partial charge in [-0.05, 0) is 32.0 Å². The van der Waals surface area contributed by atoms with Gasteiger partial charge in [-0.1, -0.05) is 30.3 Å². The minimum Gasteiger partial charge on any atom is -0.477 e. The Hall–Kier alpha value is -3.54. The van der Waals surface area contributed by atoms with E-state index in [1.165, 1.54) is 6.08 Å². The molecule has 0 spiro atoms. The lowest BCUT2D eigenvalue weighted by molar-refractivity contribution is -0.132. The van der Waals surface area contributed by atoms with Crippen LogP contribution < -0.4 is 5.32 Å². The number of aryl methyl sites for hydroxylation is 2. The van der Waals surface area contributed by atoms with E-state index in [2.05, 4.69) is 5.32 Å². The van der Waals surface area contributed by atoms with Crippen LogP contribution in [0.25, 0.3) is 17.4 Å². The maximum Gasteiger partial charge on any atom is 0.352 e. The Morgan fingerprint density at radius 1 is 1.04 bits per heavy atom. The van der Waals surface area contributed by atoms with E-state index in [0.29, 0.717) is 28.6 Å². The molecule has 0 saturated heterocycles. The van der Waals surface area contributed by atoms with Gasteiger partial charge >= 0.3 is 5.97 Å². The average Bonchev–Trinajstić information content (AvgIpc) is 3.21. The number of benzene rings is 1. The van der Waals surface area contributed by atoms with Gasteiger partial charge in [-0.3, -0.25) is 4.79 Å². The Morgan fingerprint density at radius 2 is 1.77 bits per heavy atom. The molecule has 1 aromatic carbocycles. The summed E-state index contributed by atoms with van der Waals surface area (Å²) < 4.78 is 11.0. The number of carbonyl (C=O) groups is 2. The van der Waals surface area contributed by atoms with Gasteiger partial charge in [0.2, 0.25) is 0 Å². The first-order chi connectivity index (χ1) is 12.4. The quantitative estimate of drug-likeness (QED) is 0.678. The van der Waals surface area contributed by atoms with Gasteiger partial charge in [0.05, 0.1) is 5.56 Å². The molecule has 2 N–H and O–H groups in total. The monoisotopic (exact) mass is 351 g/mol. The highest BCUT2D eigenvalue weighted by atomic mass is 16.4. The summed E-state index contributed by atoms with van der Waals surface area (Å²) in [5.74, 6) is 0.105. The Morgan fingerprint density at radius 3 is 2.38 bits per heavy atom. The molecule has 0 radical (unpaired) electrons. The van der Waals surface area contributed by atoms with Crippen LogP contribution in [0.15, 0.2) is 63.1 Å². The van der Waals surface area contributed by atoms with Crippen LogP contribution in [-0.2, 0) is 4.79 Å². The predicted octanol–water partition coefficient (Wildman–Crippen LogP) is 4.01. The highest BCUT2D eigenvalue weighted by Gasteiger charge is 2.18. The number of carbonyl (C=O) groups excluding carboxylic acids is 1. The summed E-state index contributed by atoms with van der Waals surface area (Å²) in [5.41, 5.74) is 0.874. The molecule has 132 valence electrons. The van der Waals surface area contributed by atoms with Crippen molar-refractivity contribution < 1.29 is 23.5 Å². The maximum atomic E-state index is 12.3. The van der Waals surface area contributed by atoms with E-state index in [4.69, 9.17) is 8.83 Å². The molecule has 0 atom stereocenters. The Kier molecular flexibility index (Phi) is 4.75. The fraction of sp³-hybridized carbons (Fsp3) is 0.100. The van der Waals surface area contributed by atoms with E-state index >= 15 is 0 Å². The van der Waals surface area contributed by atoms with Gasteiger partial charge in [-0.2, -0.15) is 0 Å². The summed E-state index contributed by atoms with van der Waals surface area (Å²) >= 11 is 0. The van der Waals surface area contributed by atoms with Crippen molar-refractivity contribution >= 4 is 18.0 Å². The van der Waals surface area contributed by atoms with Crippen molar-refractivity contribution in [3.63, 3.8) is 0 Å². The normalized spacial score (nSPS) is 11.4. The Labute approximate surface area is 149 Å². The SMILES string of the molecule is Cc1cc(C(=O)N/C(=C/c2ccc(-c3ccccc3)o2)C(=O)O)c(C)o1. The van der Waals surface area contributed by atoms with Gasteiger partial charge in [0.15, 0.2) is 0 Å². The molecule has 2 heterocycles. The van der Waals surface area contributed by atoms with Gasteiger partial charge in [0.25, 0.3) is 5.91 Å². The van der Waals surface area contributed by atoms with Crippen molar-refractivity contribution in [1.29, 1.82) is 0 Å². The molecule has 6 nitrogen and oxygen atoms in total. The largest absolute Gasteiger partial charge is 0.477 e. The number of hydrogen-bond donors (Lipinski definition) is 2. The Balaban J connectivity index is 1.84. The van der Waals surface area contributed by atoms with Crippen LogP contribution in [0.4, 0.5) is 0 Å². The molecule has 1 amide bonds. The molecule has 2 aromatic heterocycles. The molecule has 0 aliphatic carbocycles. The number of carboxylic acids is 1. The van der Waals surface area contributed by atoms with Crippen LogP contribution in [0, 0.1) is 13.8 Å². The van der Waals surface area contributed by atoms with Crippen LogP contribution in [0.1, 0.15) is 27.6 Å². The average molecular weight is 351 g/mol. The van der Waals surface area contributed by atoms with E-state index in [1.807, 2.05) is 30.3 Å². The van der Waals surface area contributed by atoms with Crippen LogP contribution in [0.2, 0.25) is 0 Å². The first-order valence-corrected chi connectivity index (χ1v) is 7.92. The molecule has 3 rings (SSSR count). The second kappa shape index (κ2) is 7.14. The fourth-order valence-electron chi connectivity index (χ4n) is 2.53. The molecule has 0 unspecified atom stereocenters. The number of amides is 1. The lowest BCUT2D eigenvalue weighted by Crippen LogP contribution is -2.27. The van der Waals surface area contributed by atoms with E-state index in [9.17, 15) is 14.7 Å². The summed E-state index contributed by atoms with van der Waals surface area (Å²) in [6.45, 7) is 3.36. The standard InChI is InChI=1S/C20H17NO5/c1-12-10-16(13(2)25-12)19(22)21-17(20(23)24)11-15-8-9-18(26-15)14-6-4-3-5-7-14/h3-11H,1-2H3,(H,21,22)(H,23,24)/b17-11+. The molecule has 3 aromatic rings. The van der Waals surface area contributed by atoms with Gasteiger partial charge in [0, 0.05) is 11.6 Å². The van der Waals surface area contributed by atoms with Crippen molar-refractivity contribution in [3.05, 3.63) is 77.1 Å². The topological polar surface area (TPSA) is 92.7 Å². The van der Waals surface area contributed by atoms with Crippen molar-refractivity contribution in [1.82, 2.24) is 5.32 Å². The smallest absolute Gasteiger partial charge is 0.352 e. The molecule has 0 aliphatic rings. The number of rotatable bonds is 5. The van der Waals surface area contributed by atoms with Crippen molar-refractivity contribution in [2.24, 2.45) is 0 Å². The molecule has 0 aliphatic heterocycles. The number of furan rings is 2. The minimum atomic E-state index is -1.27. The van der Waals surface area contributed by atoms with E-state index in [1.54, 1.807) is 32.0 Å². The number of nitrogens with one attached hydrogen (secondary N) is 1. The summed E-state index contributed by atoms with van der Waals surface area (Å²) in [6.07, 6.45) is 1.27. The van der Waals surface area contributed by atoms with E-state index < -0.39 is 11.9 Å². The summed E-state index contributed by atoms with van der Waals surface area (Å²) in [6, 6.07) is 14.4. The van der Waals surface area contributed by atoms with Crippen molar-refractivity contribution in [2.45, 2.75) is 13.8 Å². The van der Waals surface area contributed by atoms with Gasteiger partial charge in [0.1, 0.15) is 28.7 Å². The second-order valence-electron chi connectivity index (χ2n) is 5.71.